The molecule has 5 nitrogen and oxygen atoms in total. The quantitative estimate of drug-likeness (QED) is 0.0736. The molecule has 0 saturated carbocycles. The number of aliphatic hydroxyl groups is 1. The number of allylic oxidation sites excluding steroid dienone is 6. The van der Waals surface area contributed by atoms with Crippen LogP contribution in [0.2, 0.25) is 0 Å². The monoisotopic (exact) mass is 630 g/mol. The van der Waals surface area contributed by atoms with Gasteiger partial charge in [-0.1, -0.05) is 92.7 Å². The van der Waals surface area contributed by atoms with Crippen molar-refractivity contribution in [3.05, 3.63) is 144 Å². The summed E-state index contributed by atoms with van der Waals surface area (Å²) in [6.07, 6.45) is 14.1. The van der Waals surface area contributed by atoms with Gasteiger partial charge in [-0.3, -0.25) is 8.49 Å². The van der Waals surface area contributed by atoms with Crippen molar-refractivity contribution in [1.29, 1.82) is 0 Å². The SMILES string of the molecule is CC/C=C(\O)CCCOc1cccc(N(C)SOCCN2C=C(C(c3ccccc3)c3ccccc3)C=C/C2=C/CC)c1.S. The van der Waals surface area contributed by atoms with Gasteiger partial charge in [0.25, 0.3) is 0 Å². The maximum Gasteiger partial charge on any atom is 0.121 e. The second-order valence-corrected chi connectivity index (χ2v) is 11.3. The van der Waals surface area contributed by atoms with Crippen LogP contribution in [0.1, 0.15) is 56.6 Å². The van der Waals surface area contributed by atoms with E-state index in [0.717, 1.165) is 37.2 Å². The predicted molar refractivity (Wildman–Crippen MR) is 192 cm³/mol. The summed E-state index contributed by atoms with van der Waals surface area (Å²) in [4.78, 5) is 2.31. The van der Waals surface area contributed by atoms with Crippen LogP contribution < -0.4 is 9.04 Å². The minimum atomic E-state index is 0. The Morgan fingerprint density at radius 2 is 1.61 bits per heavy atom. The number of nitrogens with zero attached hydrogens (tertiary/aromatic N) is 2. The van der Waals surface area contributed by atoms with E-state index in [0.29, 0.717) is 25.4 Å². The molecule has 1 aliphatic rings. The summed E-state index contributed by atoms with van der Waals surface area (Å²) in [7, 11) is 1.99. The molecule has 0 fully saturated rings. The van der Waals surface area contributed by atoms with Gasteiger partial charge in [0.2, 0.25) is 0 Å². The molecule has 0 atom stereocenters. The molecule has 7 heteroatoms. The summed E-state index contributed by atoms with van der Waals surface area (Å²) < 4.78 is 14.0. The Labute approximate surface area is 275 Å². The Morgan fingerprint density at radius 1 is 0.909 bits per heavy atom. The number of ether oxygens (including phenoxy) is 1. The first-order chi connectivity index (χ1) is 21.1. The summed E-state index contributed by atoms with van der Waals surface area (Å²) >= 11 is 1.33. The first-order valence-corrected chi connectivity index (χ1v) is 15.9. The third kappa shape index (κ3) is 10.6. The predicted octanol–water partition coefficient (Wildman–Crippen LogP) is 9.71. The van der Waals surface area contributed by atoms with Crippen LogP contribution >= 0.6 is 25.7 Å². The third-order valence-electron chi connectivity index (χ3n) is 7.14. The zero-order valence-corrected chi connectivity index (χ0v) is 27.9. The first-order valence-electron chi connectivity index (χ1n) is 15.2. The van der Waals surface area contributed by atoms with Crippen molar-refractivity contribution >= 4 is 31.4 Å². The fourth-order valence-corrected chi connectivity index (χ4v) is 5.55. The van der Waals surface area contributed by atoms with Crippen molar-refractivity contribution < 1.29 is 14.0 Å². The maximum absolute atomic E-state index is 9.79. The molecule has 234 valence electrons. The van der Waals surface area contributed by atoms with Gasteiger partial charge in [-0.2, -0.15) is 13.5 Å². The van der Waals surface area contributed by atoms with E-state index < -0.39 is 0 Å². The molecule has 1 heterocycles. The molecule has 0 unspecified atom stereocenters. The summed E-state index contributed by atoms with van der Waals surface area (Å²) in [5.74, 6) is 1.39. The first kappa shape index (κ1) is 35.0. The largest absolute Gasteiger partial charge is 0.513 e. The zero-order chi connectivity index (χ0) is 30.3. The normalized spacial score (nSPS) is 14.0. The van der Waals surface area contributed by atoms with Gasteiger partial charge in [-0.25, -0.2) is 0 Å². The zero-order valence-electron chi connectivity index (χ0n) is 26.1. The van der Waals surface area contributed by atoms with E-state index in [2.05, 4.69) is 96.9 Å². The Balaban J connectivity index is 0.00000529. The van der Waals surface area contributed by atoms with Crippen LogP contribution in [-0.2, 0) is 4.18 Å². The van der Waals surface area contributed by atoms with Gasteiger partial charge in [0.05, 0.1) is 24.7 Å². The van der Waals surface area contributed by atoms with Crippen LogP contribution in [0.25, 0.3) is 0 Å². The highest BCUT2D eigenvalue weighted by Crippen LogP contribution is 2.35. The lowest BCUT2D eigenvalue weighted by Crippen LogP contribution is -2.24. The summed E-state index contributed by atoms with van der Waals surface area (Å²) in [5.41, 5.74) is 6.00. The highest BCUT2D eigenvalue weighted by molar-refractivity contribution is 7.96. The van der Waals surface area contributed by atoms with Crippen LogP contribution in [0.15, 0.2) is 132 Å². The highest BCUT2D eigenvalue weighted by atomic mass is 32.2. The van der Waals surface area contributed by atoms with Crippen molar-refractivity contribution in [3.8, 4) is 5.75 Å². The van der Waals surface area contributed by atoms with Gasteiger partial charge in [0.15, 0.2) is 0 Å². The molecule has 0 radical (unpaired) electrons. The van der Waals surface area contributed by atoms with Gasteiger partial charge in [-0.15, -0.1) is 0 Å². The second-order valence-electron chi connectivity index (χ2n) is 10.4. The maximum atomic E-state index is 9.79. The minimum Gasteiger partial charge on any atom is -0.513 e. The van der Waals surface area contributed by atoms with Crippen LogP contribution in [0, 0.1) is 0 Å². The second kappa shape index (κ2) is 19.0. The average molecular weight is 631 g/mol. The van der Waals surface area contributed by atoms with Gasteiger partial charge in [0.1, 0.15) is 18.0 Å². The molecule has 44 heavy (non-hydrogen) atoms. The average Bonchev–Trinajstić information content (AvgIpc) is 3.04. The van der Waals surface area contributed by atoms with Crippen LogP contribution in [0.4, 0.5) is 5.69 Å². The van der Waals surface area contributed by atoms with E-state index in [9.17, 15) is 5.11 Å². The van der Waals surface area contributed by atoms with Gasteiger partial charge < -0.3 is 14.7 Å². The van der Waals surface area contributed by atoms with Crippen molar-refractivity contribution in [2.24, 2.45) is 0 Å². The van der Waals surface area contributed by atoms with E-state index >= 15 is 0 Å². The summed E-state index contributed by atoms with van der Waals surface area (Å²) in [6, 6.07) is 29.4. The van der Waals surface area contributed by atoms with Crippen LogP contribution in [0.5, 0.6) is 5.75 Å². The van der Waals surface area contributed by atoms with E-state index in [4.69, 9.17) is 8.92 Å². The number of hydrogen-bond donors (Lipinski definition) is 1. The Kier molecular flexibility index (Phi) is 15.1. The molecule has 0 amide bonds. The molecule has 3 aromatic carbocycles. The molecule has 0 aliphatic carbocycles. The number of anilines is 1. The minimum absolute atomic E-state index is 0. The van der Waals surface area contributed by atoms with Crippen LogP contribution in [0.3, 0.4) is 0 Å². The Bertz CT molecular complexity index is 1350. The molecule has 0 spiro atoms. The highest BCUT2D eigenvalue weighted by Gasteiger charge is 2.21. The number of rotatable bonds is 16. The number of hydrogen-bond acceptors (Lipinski definition) is 6. The van der Waals surface area contributed by atoms with Gasteiger partial charge in [-0.05, 0) is 60.2 Å². The standard InChI is InChI=1S/C37H44N2O3S.H2S/c1-4-14-33-24-23-32(37(30-16-8-6-9-17-30)31-18-10-7-11-19-31)29-39(33)25-27-42-43-38(3)34-20-12-22-36(28-34)41-26-13-21-35(40)15-5-2;/h6-12,14-20,22-24,28-29,37,40H,4-5,13,21,25-27H2,1-3H3;1H2/b33-14-,35-15-;. The third-order valence-corrected chi connectivity index (χ3v) is 7.85. The fraction of sp³-hybridized carbons (Fsp3) is 0.297. The van der Waals surface area contributed by atoms with E-state index in [1.807, 2.05) is 48.6 Å². The van der Waals surface area contributed by atoms with Crippen molar-refractivity contribution in [1.82, 2.24) is 4.90 Å². The molecule has 4 rings (SSSR count). The van der Waals surface area contributed by atoms with Gasteiger partial charge in [0, 0.05) is 43.9 Å². The molecule has 1 N–H and O–H groups in total. The number of benzene rings is 3. The molecule has 3 aromatic rings. The molecular weight excluding hydrogens is 585 g/mol. The Morgan fingerprint density at radius 3 is 2.27 bits per heavy atom. The topological polar surface area (TPSA) is 45.2 Å². The fourth-order valence-electron chi connectivity index (χ4n) is 5.05. The Hall–Kier alpha value is -3.52. The van der Waals surface area contributed by atoms with E-state index in [-0.39, 0.29) is 19.4 Å². The van der Waals surface area contributed by atoms with E-state index in [1.54, 1.807) is 0 Å². The van der Waals surface area contributed by atoms with E-state index in [1.165, 1.54) is 34.6 Å². The van der Waals surface area contributed by atoms with Crippen LogP contribution in [-0.4, -0.2) is 36.8 Å². The number of aliphatic hydroxyl groups excluding tert-OH is 1. The smallest absolute Gasteiger partial charge is 0.121 e. The molecular formula is C37H46N2O3S2. The van der Waals surface area contributed by atoms with Crippen molar-refractivity contribution in [2.45, 2.75) is 45.4 Å². The summed E-state index contributed by atoms with van der Waals surface area (Å²) in [5, 5.41) is 9.79. The van der Waals surface area contributed by atoms with Crippen molar-refractivity contribution in [2.75, 3.05) is 31.1 Å². The lowest BCUT2D eigenvalue weighted by molar-refractivity contribution is 0.295. The molecule has 0 saturated heterocycles. The lowest BCUT2D eigenvalue weighted by atomic mass is 9.84. The summed E-state index contributed by atoms with van der Waals surface area (Å²) in [6.45, 7) is 6.03. The molecule has 1 aliphatic heterocycles. The molecule has 0 aromatic heterocycles. The van der Waals surface area contributed by atoms with Gasteiger partial charge >= 0.3 is 0 Å². The van der Waals surface area contributed by atoms with Crippen molar-refractivity contribution in [3.63, 3.8) is 0 Å². The lowest BCUT2D eigenvalue weighted by Gasteiger charge is -2.30. The molecule has 0 bridgehead atoms.